The van der Waals surface area contributed by atoms with E-state index < -0.39 is 9.84 Å². The van der Waals surface area contributed by atoms with Crippen LogP contribution in [0.1, 0.15) is 12.8 Å². The Hall–Kier alpha value is -3.64. The van der Waals surface area contributed by atoms with E-state index in [9.17, 15) is 8.42 Å². The molecule has 12 heteroatoms. The molecule has 0 spiro atoms. The van der Waals surface area contributed by atoms with Crippen LogP contribution in [0.4, 0.5) is 28.8 Å². The van der Waals surface area contributed by atoms with Crippen LogP contribution in [0.2, 0.25) is 5.02 Å². The van der Waals surface area contributed by atoms with Crippen molar-refractivity contribution in [2.75, 3.05) is 75.2 Å². The summed E-state index contributed by atoms with van der Waals surface area (Å²) in [5, 5.41) is 7.63. The Labute approximate surface area is 263 Å². The average Bonchev–Trinajstić information content (AvgIpc) is 3.02. The average molecular weight is 636 g/mol. The fourth-order valence-corrected chi connectivity index (χ4v) is 7.13. The predicted molar refractivity (Wildman–Crippen MR) is 178 cm³/mol. The Morgan fingerprint density at radius 1 is 0.886 bits per heavy atom. The third-order valence-electron chi connectivity index (χ3n) is 8.53. The number of benzene rings is 3. The lowest BCUT2D eigenvalue weighted by Gasteiger charge is -2.42. The molecule has 0 saturated carbocycles. The molecule has 4 aromatic rings. The molecule has 232 valence electrons. The highest BCUT2D eigenvalue weighted by molar-refractivity contribution is 7.90. The van der Waals surface area contributed by atoms with Crippen LogP contribution >= 0.6 is 11.6 Å². The van der Waals surface area contributed by atoms with Crippen LogP contribution in [0.15, 0.2) is 65.6 Å². The molecule has 0 bridgehead atoms. The van der Waals surface area contributed by atoms with Gasteiger partial charge in [0, 0.05) is 68.7 Å². The second-order valence-electron chi connectivity index (χ2n) is 11.5. The normalized spacial score (nSPS) is 17.1. The smallest absolute Gasteiger partial charge is 0.229 e. The Kier molecular flexibility index (Phi) is 8.82. The topological polar surface area (TPSA) is 103 Å². The molecule has 3 heterocycles. The van der Waals surface area contributed by atoms with Crippen LogP contribution in [0.3, 0.4) is 0 Å². The van der Waals surface area contributed by atoms with Crippen LogP contribution < -0.4 is 20.3 Å². The molecule has 0 unspecified atom stereocenters. The van der Waals surface area contributed by atoms with Crippen molar-refractivity contribution in [2.45, 2.75) is 23.8 Å². The highest BCUT2D eigenvalue weighted by Crippen LogP contribution is 2.36. The number of fused-ring (bicyclic) bond motifs is 1. The van der Waals surface area contributed by atoms with Crippen molar-refractivity contribution in [1.29, 1.82) is 0 Å². The SMILES string of the molecule is COc1cc(N2CCC(N3CCN(C)CC3)CC2)ccc1Nc1nc(Nc2ccccc2S(C)(=O)=O)c2cccc(Cl)c2n1. The number of halogens is 1. The summed E-state index contributed by atoms with van der Waals surface area (Å²) >= 11 is 6.57. The first-order chi connectivity index (χ1) is 21.2. The molecule has 2 fully saturated rings. The zero-order chi connectivity index (χ0) is 30.8. The zero-order valence-electron chi connectivity index (χ0n) is 25.3. The summed E-state index contributed by atoms with van der Waals surface area (Å²) in [5.74, 6) is 1.39. The van der Waals surface area contributed by atoms with Gasteiger partial charge in [-0.25, -0.2) is 13.4 Å². The summed E-state index contributed by atoms with van der Waals surface area (Å²) in [7, 11) is 0.369. The first kappa shape index (κ1) is 30.4. The summed E-state index contributed by atoms with van der Waals surface area (Å²) in [6, 6.07) is 18.9. The van der Waals surface area contributed by atoms with Crippen molar-refractivity contribution in [3.8, 4) is 5.75 Å². The number of piperazine rings is 1. The summed E-state index contributed by atoms with van der Waals surface area (Å²) in [6.45, 7) is 6.60. The predicted octanol–water partition coefficient (Wildman–Crippen LogP) is 5.40. The molecule has 1 aromatic heterocycles. The zero-order valence-corrected chi connectivity index (χ0v) is 26.8. The molecule has 0 amide bonds. The Balaban J connectivity index is 1.24. The lowest BCUT2D eigenvalue weighted by atomic mass is 10.0. The molecule has 0 aliphatic carbocycles. The van der Waals surface area contributed by atoms with Gasteiger partial charge in [-0.3, -0.25) is 4.90 Å². The molecule has 0 atom stereocenters. The highest BCUT2D eigenvalue weighted by atomic mass is 35.5. The second kappa shape index (κ2) is 12.8. The van der Waals surface area contributed by atoms with E-state index >= 15 is 0 Å². The minimum Gasteiger partial charge on any atom is -0.494 e. The molecule has 0 radical (unpaired) electrons. The van der Waals surface area contributed by atoms with Gasteiger partial charge in [0.05, 0.1) is 33.9 Å². The summed E-state index contributed by atoms with van der Waals surface area (Å²) < 4.78 is 30.7. The van der Waals surface area contributed by atoms with E-state index in [1.54, 1.807) is 37.4 Å². The number of likely N-dealkylation sites (N-methyl/N-ethyl adjacent to an activating group) is 1. The van der Waals surface area contributed by atoms with Gasteiger partial charge >= 0.3 is 0 Å². The van der Waals surface area contributed by atoms with Crippen molar-refractivity contribution in [3.63, 3.8) is 0 Å². The molecule has 10 nitrogen and oxygen atoms in total. The van der Waals surface area contributed by atoms with Gasteiger partial charge < -0.3 is 25.2 Å². The number of ether oxygens (including phenoxy) is 1. The van der Waals surface area contributed by atoms with Gasteiger partial charge in [-0.05, 0) is 56.3 Å². The molecule has 2 N–H and O–H groups in total. The van der Waals surface area contributed by atoms with Crippen molar-refractivity contribution in [3.05, 3.63) is 65.7 Å². The van der Waals surface area contributed by atoms with Gasteiger partial charge in [-0.2, -0.15) is 4.98 Å². The van der Waals surface area contributed by atoms with Crippen LogP contribution in [0, 0.1) is 0 Å². The highest BCUT2D eigenvalue weighted by Gasteiger charge is 2.27. The van der Waals surface area contributed by atoms with Crippen LogP contribution in [0.25, 0.3) is 10.9 Å². The van der Waals surface area contributed by atoms with Gasteiger partial charge in [0.25, 0.3) is 0 Å². The van der Waals surface area contributed by atoms with Crippen molar-refractivity contribution >= 4 is 61.2 Å². The number of sulfone groups is 1. The van der Waals surface area contributed by atoms with Gasteiger partial charge in [0.2, 0.25) is 5.95 Å². The molecule has 6 rings (SSSR count). The molecular formula is C32H38ClN7O3S. The van der Waals surface area contributed by atoms with Crippen LogP contribution in [-0.2, 0) is 9.84 Å². The number of piperidine rings is 1. The molecule has 44 heavy (non-hydrogen) atoms. The van der Waals surface area contributed by atoms with Crippen molar-refractivity contribution in [1.82, 2.24) is 19.8 Å². The molecule has 2 saturated heterocycles. The quantitative estimate of drug-likeness (QED) is 0.262. The monoisotopic (exact) mass is 635 g/mol. The van der Waals surface area contributed by atoms with Gasteiger partial charge in [0.15, 0.2) is 9.84 Å². The van der Waals surface area contributed by atoms with Crippen LogP contribution in [0.5, 0.6) is 5.75 Å². The Morgan fingerprint density at radius 2 is 1.64 bits per heavy atom. The Bertz CT molecular complexity index is 1750. The van der Waals surface area contributed by atoms with E-state index in [0.717, 1.165) is 57.8 Å². The maximum absolute atomic E-state index is 12.5. The van der Waals surface area contributed by atoms with E-state index in [-0.39, 0.29) is 4.90 Å². The van der Waals surface area contributed by atoms with E-state index in [0.29, 0.717) is 50.9 Å². The number of anilines is 5. The van der Waals surface area contributed by atoms with E-state index in [1.165, 1.54) is 6.26 Å². The third kappa shape index (κ3) is 6.56. The maximum Gasteiger partial charge on any atom is 0.229 e. The largest absolute Gasteiger partial charge is 0.494 e. The number of methoxy groups -OCH3 is 1. The number of nitrogens with zero attached hydrogens (tertiary/aromatic N) is 5. The second-order valence-corrected chi connectivity index (χ2v) is 13.9. The summed E-state index contributed by atoms with van der Waals surface area (Å²) in [4.78, 5) is 17.1. The minimum absolute atomic E-state index is 0.174. The first-order valence-electron chi connectivity index (χ1n) is 14.8. The van der Waals surface area contributed by atoms with Crippen molar-refractivity contribution < 1.29 is 13.2 Å². The standard InChI is InChI=1S/C32H38ClN7O3S/c1-38-17-19-40(20-18-38)22-13-15-39(16-14-22)23-11-12-26(28(21-23)43-2)35-32-36-30-24(7-6-8-25(30)33)31(37-32)34-27-9-4-5-10-29(27)44(3,41)42/h4-12,21-22H,13-20H2,1-3H3,(H2,34,35,36,37). The van der Waals surface area contributed by atoms with Gasteiger partial charge in [0.1, 0.15) is 11.6 Å². The number of hydrogen-bond acceptors (Lipinski definition) is 10. The molecule has 3 aromatic carbocycles. The third-order valence-corrected chi connectivity index (χ3v) is 9.99. The summed E-state index contributed by atoms with van der Waals surface area (Å²) in [6.07, 6.45) is 3.48. The first-order valence-corrected chi connectivity index (χ1v) is 17.1. The lowest BCUT2D eigenvalue weighted by Crippen LogP contribution is -2.52. The molecular weight excluding hydrogens is 598 g/mol. The fourth-order valence-electron chi connectivity index (χ4n) is 6.07. The number of aromatic nitrogens is 2. The van der Waals surface area contributed by atoms with Crippen molar-refractivity contribution in [2.24, 2.45) is 0 Å². The minimum atomic E-state index is -3.48. The van der Waals surface area contributed by atoms with Gasteiger partial charge in [-0.1, -0.05) is 29.8 Å². The molecule has 2 aliphatic heterocycles. The van der Waals surface area contributed by atoms with Gasteiger partial charge in [-0.15, -0.1) is 0 Å². The summed E-state index contributed by atoms with van der Waals surface area (Å²) in [5.41, 5.74) is 2.77. The van der Waals surface area contributed by atoms with E-state index in [1.807, 2.05) is 24.3 Å². The maximum atomic E-state index is 12.5. The lowest BCUT2D eigenvalue weighted by molar-refractivity contribution is 0.0982. The van der Waals surface area contributed by atoms with Crippen LogP contribution in [-0.4, -0.2) is 93.9 Å². The number of nitrogens with one attached hydrogen (secondary N) is 2. The van der Waals surface area contributed by atoms with E-state index in [2.05, 4.69) is 38.4 Å². The number of para-hydroxylation sites is 2. The fraction of sp³-hybridized carbons (Fsp3) is 0.375. The van der Waals surface area contributed by atoms with E-state index in [4.69, 9.17) is 26.3 Å². The molecule has 2 aliphatic rings. The number of hydrogen-bond donors (Lipinski definition) is 2. The Morgan fingerprint density at radius 3 is 2.36 bits per heavy atom. The number of rotatable bonds is 8.